The van der Waals surface area contributed by atoms with Gasteiger partial charge in [0.25, 0.3) is 5.91 Å². The van der Waals surface area contributed by atoms with E-state index in [1.807, 2.05) is 24.3 Å². The first-order valence-electron chi connectivity index (χ1n) is 9.57. The van der Waals surface area contributed by atoms with Gasteiger partial charge < -0.3 is 19.7 Å². The molecule has 3 heterocycles. The highest BCUT2D eigenvalue weighted by Crippen LogP contribution is 2.34. The summed E-state index contributed by atoms with van der Waals surface area (Å²) in [5.74, 6) is 0.694. The molecule has 0 aromatic heterocycles. The van der Waals surface area contributed by atoms with E-state index in [0.29, 0.717) is 23.4 Å². The molecular weight excluding hydrogens is 316 g/mol. The Morgan fingerprint density at radius 2 is 1.80 bits per heavy atom. The van der Waals surface area contributed by atoms with Crippen LogP contribution in [0.15, 0.2) is 24.3 Å². The number of ether oxygens (including phenoxy) is 2. The fourth-order valence-electron chi connectivity index (χ4n) is 4.52. The maximum Gasteiger partial charge on any atom is 0.255 e. The van der Waals surface area contributed by atoms with E-state index in [1.54, 1.807) is 0 Å². The molecule has 5 nitrogen and oxygen atoms in total. The number of fused-ring (bicyclic) bond motifs is 2. The summed E-state index contributed by atoms with van der Waals surface area (Å²) in [5, 5.41) is 3.26. The van der Waals surface area contributed by atoms with Gasteiger partial charge in [-0.15, -0.1) is 0 Å². The minimum absolute atomic E-state index is 0.00314. The van der Waals surface area contributed by atoms with E-state index in [-0.39, 0.29) is 18.1 Å². The van der Waals surface area contributed by atoms with Gasteiger partial charge in [-0.3, -0.25) is 4.79 Å². The first-order valence-corrected chi connectivity index (χ1v) is 9.57. The van der Waals surface area contributed by atoms with Gasteiger partial charge in [0.05, 0.1) is 18.8 Å². The van der Waals surface area contributed by atoms with Crippen molar-refractivity contribution >= 4 is 5.91 Å². The van der Waals surface area contributed by atoms with Crippen LogP contribution in [-0.4, -0.2) is 55.3 Å². The maximum absolute atomic E-state index is 12.9. The Balaban J connectivity index is 1.41. The predicted molar refractivity (Wildman–Crippen MR) is 96.0 cm³/mol. The summed E-state index contributed by atoms with van der Waals surface area (Å²) in [6, 6.07) is 9.13. The Kier molecular flexibility index (Phi) is 4.95. The third-order valence-electron chi connectivity index (χ3n) is 6.03. The Bertz CT molecular complexity index is 601. The zero-order valence-electron chi connectivity index (χ0n) is 14.9. The average molecular weight is 344 g/mol. The molecule has 1 aromatic rings. The van der Waals surface area contributed by atoms with Crippen LogP contribution in [0.4, 0.5) is 0 Å². The van der Waals surface area contributed by atoms with E-state index in [1.165, 1.54) is 12.8 Å². The second-order valence-corrected chi connectivity index (χ2v) is 7.62. The molecule has 0 spiro atoms. The molecule has 0 aliphatic carbocycles. The second kappa shape index (κ2) is 7.34. The number of carbonyl (C=O) groups excluding carboxylic acids is 1. The quantitative estimate of drug-likeness (QED) is 0.912. The van der Waals surface area contributed by atoms with Crippen LogP contribution in [0.3, 0.4) is 0 Å². The first-order chi connectivity index (χ1) is 12.2. The van der Waals surface area contributed by atoms with Crippen LogP contribution >= 0.6 is 0 Å². The molecule has 2 atom stereocenters. The summed E-state index contributed by atoms with van der Waals surface area (Å²) in [6.07, 6.45) is 6.54. The molecule has 25 heavy (non-hydrogen) atoms. The Labute approximate surface area is 149 Å². The van der Waals surface area contributed by atoms with Crippen LogP contribution < -0.4 is 10.1 Å². The second-order valence-electron chi connectivity index (χ2n) is 7.62. The molecule has 5 heteroatoms. The molecule has 3 fully saturated rings. The number of carbonyl (C=O) groups is 1. The highest BCUT2D eigenvalue weighted by molar-refractivity contribution is 5.97. The molecule has 3 saturated heterocycles. The lowest BCUT2D eigenvalue weighted by Crippen LogP contribution is -2.48. The standard InChI is InChI=1S/C20H28N2O3/c1-22-15-6-7-16(22)13-14(12-15)21-20(23)18-4-2-3-5-19(18)25-17-8-10-24-11-9-17/h2-5,14-17H,6-13H2,1H3,(H,21,23). The molecule has 4 rings (SSSR count). The molecule has 3 aliphatic rings. The SMILES string of the molecule is CN1C2CCC1CC(NC(=O)c1ccccc1OC1CCOCC1)C2. The van der Waals surface area contributed by atoms with E-state index >= 15 is 0 Å². The summed E-state index contributed by atoms with van der Waals surface area (Å²) in [4.78, 5) is 15.4. The van der Waals surface area contributed by atoms with Gasteiger partial charge in [0, 0.05) is 31.0 Å². The van der Waals surface area contributed by atoms with Gasteiger partial charge in [0.2, 0.25) is 0 Å². The van der Waals surface area contributed by atoms with Crippen molar-refractivity contribution in [3.63, 3.8) is 0 Å². The summed E-state index contributed by atoms with van der Waals surface area (Å²) in [5.41, 5.74) is 0.653. The van der Waals surface area contributed by atoms with Gasteiger partial charge in [-0.2, -0.15) is 0 Å². The van der Waals surface area contributed by atoms with Gasteiger partial charge in [-0.05, 0) is 44.9 Å². The summed E-state index contributed by atoms with van der Waals surface area (Å²) in [7, 11) is 2.22. The number of nitrogens with one attached hydrogen (secondary N) is 1. The molecule has 0 saturated carbocycles. The number of piperidine rings is 1. The Morgan fingerprint density at radius 1 is 1.12 bits per heavy atom. The van der Waals surface area contributed by atoms with Crippen molar-refractivity contribution < 1.29 is 14.3 Å². The molecule has 0 radical (unpaired) electrons. The maximum atomic E-state index is 12.9. The van der Waals surface area contributed by atoms with Crippen molar-refractivity contribution in [2.75, 3.05) is 20.3 Å². The molecular formula is C20H28N2O3. The fourth-order valence-corrected chi connectivity index (χ4v) is 4.52. The lowest BCUT2D eigenvalue weighted by molar-refractivity contribution is 0.0252. The van der Waals surface area contributed by atoms with Gasteiger partial charge in [0.15, 0.2) is 0 Å². The minimum atomic E-state index is -0.00314. The van der Waals surface area contributed by atoms with Crippen LogP contribution in [-0.2, 0) is 4.74 Å². The van der Waals surface area contributed by atoms with Crippen molar-refractivity contribution in [1.29, 1.82) is 0 Å². The number of rotatable bonds is 4. The Morgan fingerprint density at radius 3 is 2.52 bits per heavy atom. The van der Waals surface area contributed by atoms with Gasteiger partial charge in [-0.1, -0.05) is 12.1 Å². The van der Waals surface area contributed by atoms with Gasteiger partial charge in [-0.25, -0.2) is 0 Å². The summed E-state index contributed by atoms with van der Waals surface area (Å²) in [6.45, 7) is 1.47. The number of para-hydroxylation sites is 1. The molecule has 2 unspecified atom stereocenters. The third kappa shape index (κ3) is 3.67. The van der Waals surface area contributed by atoms with Crippen molar-refractivity contribution in [3.05, 3.63) is 29.8 Å². The topological polar surface area (TPSA) is 50.8 Å². The fraction of sp³-hybridized carbons (Fsp3) is 0.650. The number of benzene rings is 1. The summed E-state index contributed by atoms with van der Waals surface area (Å²) >= 11 is 0. The molecule has 136 valence electrons. The monoisotopic (exact) mass is 344 g/mol. The predicted octanol–water partition coefficient (Wildman–Crippen LogP) is 2.60. The molecule has 3 aliphatic heterocycles. The van der Waals surface area contributed by atoms with E-state index in [4.69, 9.17) is 9.47 Å². The molecule has 2 bridgehead atoms. The van der Waals surface area contributed by atoms with Crippen LogP contribution in [0.25, 0.3) is 0 Å². The van der Waals surface area contributed by atoms with Crippen molar-refractivity contribution in [1.82, 2.24) is 10.2 Å². The number of hydrogen-bond acceptors (Lipinski definition) is 4. The van der Waals surface area contributed by atoms with Crippen molar-refractivity contribution in [3.8, 4) is 5.75 Å². The molecule has 1 aromatic carbocycles. The van der Waals surface area contributed by atoms with Gasteiger partial charge in [0.1, 0.15) is 11.9 Å². The van der Waals surface area contributed by atoms with Crippen LogP contribution in [0.1, 0.15) is 48.9 Å². The Hall–Kier alpha value is -1.59. The summed E-state index contributed by atoms with van der Waals surface area (Å²) < 4.78 is 11.5. The normalized spacial score (nSPS) is 30.2. The first kappa shape index (κ1) is 16.9. The highest BCUT2D eigenvalue weighted by Gasteiger charge is 2.39. The number of amides is 1. The smallest absolute Gasteiger partial charge is 0.255 e. The van der Waals surface area contributed by atoms with Crippen LogP contribution in [0.2, 0.25) is 0 Å². The largest absolute Gasteiger partial charge is 0.489 e. The lowest BCUT2D eigenvalue weighted by atomic mass is 9.97. The molecule has 1 N–H and O–H groups in total. The lowest BCUT2D eigenvalue weighted by Gasteiger charge is -2.36. The van der Waals surface area contributed by atoms with E-state index < -0.39 is 0 Å². The minimum Gasteiger partial charge on any atom is -0.489 e. The van der Waals surface area contributed by atoms with Crippen molar-refractivity contribution in [2.24, 2.45) is 0 Å². The van der Waals surface area contributed by atoms with E-state index in [2.05, 4.69) is 17.3 Å². The zero-order valence-corrected chi connectivity index (χ0v) is 14.9. The van der Waals surface area contributed by atoms with Crippen molar-refractivity contribution in [2.45, 2.75) is 62.8 Å². The van der Waals surface area contributed by atoms with Gasteiger partial charge >= 0.3 is 0 Å². The highest BCUT2D eigenvalue weighted by atomic mass is 16.5. The van der Waals surface area contributed by atoms with E-state index in [0.717, 1.165) is 38.9 Å². The number of nitrogens with zero attached hydrogens (tertiary/aromatic N) is 1. The number of hydrogen-bond donors (Lipinski definition) is 1. The average Bonchev–Trinajstić information content (AvgIpc) is 2.84. The third-order valence-corrected chi connectivity index (χ3v) is 6.03. The zero-order chi connectivity index (χ0) is 17.2. The van der Waals surface area contributed by atoms with E-state index in [9.17, 15) is 4.79 Å². The molecule has 1 amide bonds. The van der Waals surface area contributed by atoms with Crippen LogP contribution in [0.5, 0.6) is 5.75 Å². The van der Waals surface area contributed by atoms with Crippen LogP contribution in [0, 0.1) is 0 Å².